The third-order valence-corrected chi connectivity index (χ3v) is 3.30. The molecule has 1 aromatic rings. The minimum Gasteiger partial charge on any atom is -0.512 e. The van der Waals surface area contributed by atoms with Gasteiger partial charge in [0.2, 0.25) is 0 Å². The predicted octanol–water partition coefficient (Wildman–Crippen LogP) is 1.10. The maximum Gasteiger partial charge on any atom is 0.707 e. The summed E-state index contributed by atoms with van der Waals surface area (Å²) in [6.07, 6.45) is 5.69. The molecular weight excluding hydrogens is 245 g/mol. The van der Waals surface area contributed by atoms with Crippen molar-refractivity contribution in [3.05, 3.63) is 29.8 Å². The van der Waals surface area contributed by atoms with Crippen molar-refractivity contribution in [2.45, 2.75) is 38.1 Å². The molecule has 1 aliphatic carbocycles. The molecule has 0 atom stereocenters. The number of benzene rings is 1. The van der Waals surface area contributed by atoms with Gasteiger partial charge in [-0.05, 0) is 37.1 Å². The van der Waals surface area contributed by atoms with Gasteiger partial charge in [-0.15, -0.1) is 0 Å². The van der Waals surface area contributed by atoms with Crippen LogP contribution in [-0.4, -0.2) is 29.3 Å². The number of hydrogen-bond donors (Lipinski definition) is 3. The molecule has 0 aromatic heterocycles. The van der Waals surface area contributed by atoms with Gasteiger partial charge < -0.3 is 20.0 Å². The number of amides is 1. The molecule has 0 aliphatic heterocycles. The van der Waals surface area contributed by atoms with Gasteiger partial charge in [-0.2, -0.15) is 0 Å². The SMILES string of the molecule is O=C(NC1CCCCC1)c1ccc(OB(O)O)cc1. The van der Waals surface area contributed by atoms with Crippen LogP contribution in [0.2, 0.25) is 0 Å². The van der Waals surface area contributed by atoms with E-state index in [1.807, 2.05) is 0 Å². The van der Waals surface area contributed by atoms with Crippen molar-refractivity contribution in [3.8, 4) is 5.75 Å². The minimum absolute atomic E-state index is 0.0944. The van der Waals surface area contributed by atoms with E-state index in [-0.39, 0.29) is 11.9 Å². The van der Waals surface area contributed by atoms with Crippen LogP contribution in [0, 0.1) is 0 Å². The second kappa shape index (κ2) is 6.59. The van der Waals surface area contributed by atoms with Gasteiger partial charge in [0, 0.05) is 11.6 Å². The first kappa shape index (κ1) is 13.9. The largest absolute Gasteiger partial charge is 0.707 e. The zero-order valence-corrected chi connectivity index (χ0v) is 10.7. The quantitative estimate of drug-likeness (QED) is 0.711. The lowest BCUT2D eigenvalue weighted by molar-refractivity contribution is 0.0927. The second-order valence-electron chi connectivity index (χ2n) is 4.78. The Hall–Kier alpha value is -1.53. The molecule has 1 aromatic carbocycles. The topological polar surface area (TPSA) is 78.8 Å². The normalized spacial score (nSPS) is 15.9. The Balaban J connectivity index is 1.91. The van der Waals surface area contributed by atoms with Crippen molar-refractivity contribution in [2.75, 3.05) is 0 Å². The summed E-state index contributed by atoms with van der Waals surface area (Å²) in [5.41, 5.74) is 0.547. The van der Waals surface area contributed by atoms with Gasteiger partial charge in [0.25, 0.3) is 5.91 Å². The van der Waals surface area contributed by atoms with Crippen LogP contribution in [0.25, 0.3) is 0 Å². The first-order chi connectivity index (χ1) is 9.15. The lowest BCUT2D eigenvalue weighted by atomic mass is 9.95. The standard InChI is InChI=1S/C13H18BNO4/c16-13(15-11-4-2-1-3-5-11)10-6-8-12(9-7-10)19-14(17)18/h6-9,11,17-18H,1-5H2,(H,15,16). The maximum absolute atomic E-state index is 12.0. The molecule has 0 unspecified atom stereocenters. The summed E-state index contributed by atoms with van der Waals surface area (Å²) in [5.74, 6) is 0.215. The Bertz CT molecular complexity index is 415. The minimum atomic E-state index is -1.85. The van der Waals surface area contributed by atoms with Crippen LogP contribution in [-0.2, 0) is 0 Å². The number of rotatable bonds is 4. The molecule has 0 radical (unpaired) electrons. The summed E-state index contributed by atoms with van der Waals surface area (Å²) in [6, 6.07) is 6.56. The van der Waals surface area contributed by atoms with Gasteiger partial charge in [-0.3, -0.25) is 4.79 Å². The molecule has 6 heteroatoms. The molecule has 1 aliphatic rings. The van der Waals surface area contributed by atoms with E-state index in [2.05, 4.69) is 9.97 Å². The molecule has 102 valence electrons. The van der Waals surface area contributed by atoms with E-state index in [4.69, 9.17) is 10.0 Å². The van der Waals surface area contributed by atoms with Gasteiger partial charge in [-0.1, -0.05) is 19.3 Å². The summed E-state index contributed by atoms with van der Waals surface area (Å²) in [6.45, 7) is 0. The van der Waals surface area contributed by atoms with Crippen LogP contribution < -0.4 is 9.97 Å². The smallest absolute Gasteiger partial charge is 0.512 e. The zero-order valence-electron chi connectivity index (χ0n) is 10.7. The molecule has 0 saturated heterocycles. The van der Waals surface area contributed by atoms with Crippen LogP contribution >= 0.6 is 0 Å². The molecule has 0 spiro atoms. The van der Waals surface area contributed by atoms with E-state index in [0.29, 0.717) is 11.3 Å². The maximum atomic E-state index is 12.0. The van der Waals surface area contributed by atoms with Gasteiger partial charge >= 0.3 is 7.32 Å². The Morgan fingerprint density at radius 3 is 2.37 bits per heavy atom. The van der Waals surface area contributed by atoms with E-state index in [0.717, 1.165) is 12.8 Å². The van der Waals surface area contributed by atoms with Crippen molar-refractivity contribution in [2.24, 2.45) is 0 Å². The molecule has 0 heterocycles. The molecule has 2 rings (SSSR count). The first-order valence-electron chi connectivity index (χ1n) is 6.59. The number of hydrogen-bond acceptors (Lipinski definition) is 4. The highest BCUT2D eigenvalue weighted by atomic mass is 16.6. The summed E-state index contributed by atoms with van der Waals surface area (Å²) in [7, 11) is -1.85. The molecule has 1 saturated carbocycles. The highest BCUT2D eigenvalue weighted by Gasteiger charge is 2.17. The number of carbonyl (C=O) groups excluding carboxylic acids is 1. The highest BCUT2D eigenvalue weighted by molar-refractivity contribution is 6.33. The third kappa shape index (κ3) is 4.26. The van der Waals surface area contributed by atoms with Crippen LogP contribution in [0.3, 0.4) is 0 Å². The van der Waals surface area contributed by atoms with Gasteiger partial charge in [0.1, 0.15) is 5.75 Å². The summed E-state index contributed by atoms with van der Waals surface area (Å²) in [4.78, 5) is 12.0. The molecule has 0 bridgehead atoms. The van der Waals surface area contributed by atoms with Gasteiger partial charge in [-0.25, -0.2) is 0 Å². The van der Waals surface area contributed by atoms with E-state index in [1.54, 1.807) is 12.1 Å². The lowest BCUT2D eigenvalue weighted by Gasteiger charge is -2.22. The average Bonchev–Trinajstić information content (AvgIpc) is 2.40. The van der Waals surface area contributed by atoms with Crippen LogP contribution in [0.4, 0.5) is 0 Å². The summed E-state index contributed by atoms with van der Waals surface area (Å²) >= 11 is 0. The molecule has 19 heavy (non-hydrogen) atoms. The Labute approximate surface area is 112 Å². The fourth-order valence-electron chi connectivity index (χ4n) is 2.32. The first-order valence-corrected chi connectivity index (χ1v) is 6.59. The number of carbonyl (C=O) groups is 1. The summed E-state index contributed by atoms with van der Waals surface area (Å²) in [5, 5.41) is 20.3. The number of nitrogens with one attached hydrogen (secondary N) is 1. The zero-order chi connectivity index (χ0) is 13.7. The molecule has 1 amide bonds. The molecule has 1 fully saturated rings. The van der Waals surface area contributed by atoms with Crippen LogP contribution in [0.1, 0.15) is 42.5 Å². The Morgan fingerprint density at radius 2 is 1.79 bits per heavy atom. The molecular formula is C13H18BNO4. The Morgan fingerprint density at radius 1 is 1.16 bits per heavy atom. The van der Waals surface area contributed by atoms with Crippen LogP contribution in [0.5, 0.6) is 5.75 Å². The fourth-order valence-corrected chi connectivity index (χ4v) is 2.32. The van der Waals surface area contributed by atoms with Gasteiger partial charge in [0.15, 0.2) is 0 Å². The van der Waals surface area contributed by atoms with Gasteiger partial charge in [0.05, 0.1) is 0 Å². The third-order valence-electron chi connectivity index (χ3n) is 3.30. The predicted molar refractivity (Wildman–Crippen MR) is 71.6 cm³/mol. The average molecular weight is 263 g/mol. The van der Waals surface area contributed by atoms with E-state index in [1.165, 1.54) is 31.4 Å². The van der Waals surface area contributed by atoms with E-state index in [9.17, 15) is 4.79 Å². The van der Waals surface area contributed by atoms with Crippen molar-refractivity contribution in [1.82, 2.24) is 5.32 Å². The van der Waals surface area contributed by atoms with Crippen molar-refractivity contribution >= 4 is 13.2 Å². The lowest BCUT2D eigenvalue weighted by Crippen LogP contribution is -2.36. The molecule has 3 N–H and O–H groups in total. The monoisotopic (exact) mass is 263 g/mol. The van der Waals surface area contributed by atoms with Crippen molar-refractivity contribution in [3.63, 3.8) is 0 Å². The second-order valence-corrected chi connectivity index (χ2v) is 4.78. The fraction of sp³-hybridized carbons (Fsp3) is 0.462. The van der Waals surface area contributed by atoms with E-state index >= 15 is 0 Å². The van der Waals surface area contributed by atoms with E-state index < -0.39 is 7.32 Å². The van der Waals surface area contributed by atoms with Crippen LogP contribution in [0.15, 0.2) is 24.3 Å². The highest BCUT2D eigenvalue weighted by Crippen LogP contribution is 2.18. The molecule has 5 nitrogen and oxygen atoms in total. The van der Waals surface area contributed by atoms with Crippen molar-refractivity contribution in [1.29, 1.82) is 0 Å². The summed E-state index contributed by atoms with van der Waals surface area (Å²) < 4.78 is 4.68. The van der Waals surface area contributed by atoms with Crippen molar-refractivity contribution < 1.29 is 19.5 Å². The Kier molecular flexibility index (Phi) is 4.82.